The zero-order valence-corrected chi connectivity index (χ0v) is 9.35. The molecule has 1 aromatic carbocycles. The van der Waals surface area contributed by atoms with Crippen LogP contribution in [0.2, 0.25) is 0 Å². The van der Waals surface area contributed by atoms with Gasteiger partial charge < -0.3 is 4.74 Å². The molecule has 0 saturated heterocycles. The quantitative estimate of drug-likeness (QED) is 0.363. The summed E-state index contributed by atoms with van der Waals surface area (Å²) in [4.78, 5) is 21.7. The van der Waals surface area contributed by atoms with E-state index >= 15 is 0 Å². The Balaban J connectivity index is 2.12. The van der Waals surface area contributed by atoms with Crippen LogP contribution < -0.4 is 4.74 Å². The Bertz CT molecular complexity index is 550. The maximum Gasteiger partial charge on any atom is 0.353 e. The van der Waals surface area contributed by atoms with Gasteiger partial charge in [0.2, 0.25) is 0 Å². The van der Waals surface area contributed by atoms with Crippen molar-refractivity contribution >= 4 is 22.3 Å². The molecule has 17 heavy (non-hydrogen) atoms. The van der Waals surface area contributed by atoms with Gasteiger partial charge in [-0.2, -0.15) is 0 Å². The lowest BCUT2D eigenvalue weighted by atomic mass is 10.3. The van der Waals surface area contributed by atoms with Gasteiger partial charge in [0, 0.05) is 6.07 Å². The molecule has 1 heterocycles. The lowest BCUT2D eigenvalue weighted by Gasteiger charge is -2.00. The van der Waals surface area contributed by atoms with Crippen molar-refractivity contribution in [1.29, 1.82) is 0 Å². The topological polar surface area (TPSA) is 69.4 Å². The van der Waals surface area contributed by atoms with Gasteiger partial charge in [-0.25, -0.2) is 4.79 Å². The van der Waals surface area contributed by atoms with Crippen LogP contribution in [-0.2, 0) is 0 Å². The van der Waals surface area contributed by atoms with E-state index in [2.05, 4.69) is 0 Å². The minimum absolute atomic E-state index is 0.0787. The molecule has 0 atom stereocenters. The summed E-state index contributed by atoms with van der Waals surface area (Å²) in [6.45, 7) is 0. The fraction of sp³-hybridized carbons (Fsp3) is 0. The molecule has 0 aliphatic rings. The minimum Gasteiger partial charge on any atom is -0.422 e. The van der Waals surface area contributed by atoms with Crippen LogP contribution in [-0.4, -0.2) is 10.9 Å². The second-order valence-electron chi connectivity index (χ2n) is 3.10. The fourth-order valence-corrected chi connectivity index (χ4v) is 1.88. The standard InChI is InChI=1S/C11H7NO4S/c13-11(16-8-4-2-1-3-5-8)9-6-7-10(17-9)12(14)15/h1-7H. The Labute approximate surface area is 100 Å². The summed E-state index contributed by atoms with van der Waals surface area (Å²) in [5, 5.41) is 10.4. The molecule has 0 spiro atoms. The van der Waals surface area contributed by atoms with Gasteiger partial charge in [0.05, 0.1) is 4.92 Å². The second kappa shape index (κ2) is 4.75. The number of ether oxygens (including phenoxy) is 1. The summed E-state index contributed by atoms with van der Waals surface area (Å²) < 4.78 is 5.04. The van der Waals surface area contributed by atoms with E-state index in [4.69, 9.17) is 4.74 Å². The molecular formula is C11H7NO4S. The summed E-state index contributed by atoms with van der Waals surface area (Å²) in [5.41, 5.74) is 0. The van der Waals surface area contributed by atoms with Crippen LogP contribution in [0.4, 0.5) is 5.00 Å². The molecule has 6 heteroatoms. The predicted molar refractivity (Wildman–Crippen MR) is 62.4 cm³/mol. The monoisotopic (exact) mass is 249 g/mol. The van der Waals surface area contributed by atoms with Gasteiger partial charge in [-0.1, -0.05) is 29.5 Å². The molecular weight excluding hydrogens is 242 g/mol. The second-order valence-corrected chi connectivity index (χ2v) is 4.16. The fourth-order valence-electron chi connectivity index (χ4n) is 1.18. The zero-order chi connectivity index (χ0) is 12.3. The van der Waals surface area contributed by atoms with Gasteiger partial charge in [-0.15, -0.1) is 0 Å². The number of carbonyl (C=O) groups excluding carboxylic acids is 1. The van der Waals surface area contributed by atoms with Crippen LogP contribution in [0, 0.1) is 10.1 Å². The van der Waals surface area contributed by atoms with Crippen molar-refractivity contribution in [1.82, 2.24) is 0 Å². The van der Waals surface area contributed by atoms with Crippen molar-refractivity contribution in [3.05, 3.63) is 57.5 Å². The number of para-hydroxylation sites is 1. The Hall–Kier alpha value is -2.21. The van der Waals surface area contributed by atoms with Crippen LogP contribution >= 0.6 is 11.3 Å². The Morgan fingerprint density at radius 1 is 1.18 bits per heavy atom. The first-order valence-electron chi connectivity index (χ1n) is 4.68. The van der Waals surface area contributed by atoms with Crippen molar-refractivity contribution in [2.45, 2.75) is 0 Å². The predicted octanol–water partition coefficient (Wildman–Crippen LogP) is 2.88. The van der Waals surface area contributed by atoms with Gasteiger partial charge >= 0.3 is 11.0 Å². The zero-order valence-electron chi connectivity index (χ0n) is 8.53. The summed E-state index contributed by atoms with van der Waals surface area (Å²) >= 11 is 0.795. The van der Waals surface area contributed by atoms with Gasteiger partial charge in [-0.3, -0.25) is 10.1 Å². The molecule has 5 nitrogen and oxygen atoms in total. The number of carbonyl (C=O) groups is 1. The number of benzene rings is 1. The van der Waals surface area contributed by atoms with Gasteiger partial charge in [0.1, 0.15) is 10.6 Å². The number of esters is 1. The number of nitrogens with zero attached hydrogens (tertiary/aromatic N) is 1. The Kier molecular flexibility index (Phi) is 3.15. The Morgan fingerprint density at radius 3 is 2.47 bits per heavy atom. The first kappa shape index (κ1) is 11.3. The molecule has 0 amide bonds. The minimum atomic E-state index is -0.589. The lowest BCUT2D eigenvalue weighted by Crippen LogP contribution is -2.05. The average Bonchev–Trinajstić information content (AvgIpc) is 2.79. The van der Waals surface area contributed by atoms with E-state index in [1.807, 2.05) is 0 Å². The molecule has 2 aromatic rings. The highest BCUT2D eigenvalue weighted by Crippen LogP contribution is 2.25. The van der Waals surface area contributed by atoms with E-state index in [-0.39, 0.29) is 9.88 Å². The van der Waals surface area contributed by atoms with Crippen molar-refractivity contribution in [3.8, 4) is 5.75 Å². The third-order valence-corrected chi connectivity index (χ3v) is 2.94. The summed E-state index contributed by atoms with van der Waals surface area (Å²) in [6, 6.07) is 11.2. The van der Waals surface area contributed by atoms with Crippen LogP contribution in [0.3, 0.4) is 0 Å². The van der Waals surface area contributed by atoms with Crippen LogP contribution in [0.5, 0.6) is 5.75 Å². The number of hydrogen-bond acceptors (Lipinski definition) is 5. The average molecular weight is 249 g/mol. The van der Waals surface area contributed by atoms with Crippen LogP contribution in [0.15, 0.2) is 42.5 Å². The normalized spacial score (nSPS) is 9.88. The molecule has 0 radical (unpaired) electrons. The molecule has 0 unspecified atom stereocenters. The number of rotatable bonds is 3. The van der Waals surface area contributed by atoms with E-state index in [1.165, 1.54) is 12.1 Å². The van der Waals surface area contributed by atoms with Crippen molar-refractivity contribution in [2.75, 3.05) is 0 Å². The largest absolute Gasteiger partial charge is 0.422 e. The first-order chi connectivity index (χ1) is 8.16. The summed E-state index contributed by atoms with van der Waals surface area (Å²) in [5.74, 6) is -0.178. The highest BCUT2D eigenvalue weighted by Gasteiger charge is 2.16. The number of nitro groups is 1. The molecule has 86 valence electrons. The third-order valence-electron chi connectivity index (χ3n) is 1.93. The lowest BCUT2D eigenvalue weighted by molar-refractivity contribution is -0.380. The van der Waals surface area contributed by atoms with Crippen molar-refractivity contribution in [3.63, 3.8) is 0 Å². The first-order valence-corrected chi connectivity index (χ1v) is 5.50. The van der Waals surface area contributed by atoms with Gasteiger partial charge in [0.25, 0.3) is 0 Å². The van der Waals surface area contributed by atoms with E-state index in [0.717, 1.165) is 11.3 Å². The highest BCUT2D eigenvalue weighted by atomic mass is 32.1. The summed E-state index contributed by atoms with van der Waals surface area (Å²) in [7, 11) is 0. The van der Waals surface area contributed by atoms with Gasteiger partial charge in [0.15, 0.2) is 0 Å². The van der Waals surface area contributed by atoms with Gasteiger partial charge in [-0.05, 0) is 18.2 Å². The van der Waals surface area contributed by atoms with E-state index in [1.54, 1.807) is 30.3 Å². The van der Waals surface area contributed by atoms with E-state index < -0.39 is 10.9 Å². The molecule has 0 aliphatic carbocycles. The summed E-state index contributed by atoms with van der Waals surface area (Å²) in [6.07, 6.45) is 0. The van der Waals surface area contributed by atoms with Crippen molar-refractivity contribution in [2.24, 2.45) is 0 Å². The molecule has 2 rings (SSSR count). The number of hydrogen-bond donors (Lipinski definition) is 0. The maximum atomic E-state index is 11.6. The molecule has 0 N–H and O–H groups in total. The molecule has 1 aromatic heterocycles. The van der Waals surface area contributed by atoms with Crippen LogP contribution in [0.25, 0.3) is 0 Å². The maximum absolute atomic E-state index is 11.6. The van der Waals surface area contributed by atoms with Crippen molar-refractivity contribution < 1.29 is 14.5 Å². The van der Waals surface area contributed by atoms with Crippen LogP contribution in [0.1, 0.15) is 9.67 Å². The SMILES string of the molecule is O=C(Oc1ccccc1)c1ccc([N+](=O)[O-])s1. The highest BCUT2D eigenvalue weighted by molar-refractivity contribution is 7.17. The Morgan fingerprint density at radius 2 is 1.88 bits per heavy atom. The molecule has 0 bridgehead atoms. The molecule has 0 saturated carbocycles. The third kappa shape index (κ3) is 2.67. The smallest absolute Gasteiger partial charge is 0.353 e. The van der Waals surface area contributed by atoms with E-state index in [9.17, 15) is 14.9 Å². The van der Waals surface area contributed by atoms with E-state index in [0.29, 0.717) is 5.75 Å². The molecule has 0 fully saturated rings. The number of thiophene rings is 1. The molecule has 0 aliphatic heterocycles.